The van der Waals surface area contributed by atoms with Crippen LogP contribution in [-0.2, 0) is 10.2 Å². The van der Waals surface area contributed by atoms with Gasteiger partial charge < -0.3 is 4.74 Å². The summed E-state index contributed by atoms with van der Waals surface area (Å²) >= 11 is 0. The Kier molecular flexibility index (Phi) is 5.39. The lowest BCUT2D eigenvalue weighted by Gasteiger charge is -2.26. The fourth-order valence-electron chi connectivity index (χ4n) is 2.73. The van der Waals surface area contributed by atoms with Crippen molar-refractivity contribution < 1.29 is 9.53 Å². The number of benzene rings is 1. The Morgan fingerprint density at radius 3 is 2.00 bits per heavy atom. The molecule has 0 unspecified atom stereocenters. The summed E-state index contributed by atoms with van der Waals surface area (Å²) in [6.07, 6.45) is 4.31. The van der Waals surface area contributed by atoms with E-state index in [1.807, 2.05) is 38.1 Å². The highest BCUT2D eigenvalue weighted by atomic mass is 16.5. The number of carbonyl (C=O) groups excluding carboxylic acids is 1. The number of ketones is 1. The van der Waals surface area contributed by atoms with Crippen molar-refractivity contribution in [1.29, 1.82) is 0 Å². The Balaban J connectivity index is 0.000000771. The van der Waals surface area contributed by atoms with E-state index in [1.54, 1.807) is 14.0 Å². The fourth-order valence-corrected chi connectivity index (χ4v) is 2.73. The van der Waals surface area contributed by atoms with Gasteiger partial charge >= 0.3 is 0 Å². The van der Waals surface area contributed by atoms with Crippen molar-refractivity contribution in [3.63, 3.8) is 0 Å². The number of methoxy groups -OCH3 is 1. The smallest absolute Gasteiger partial charge is 0.140 e. The van der Waals surface area contributed by atoms with E-state index in [0.717, 1.165) is 37.0 Å². The molecule has 1 aromatic carbocycles. The second-order valence-electron chi connectivity index (χ2n) is 4.57. The van der Waals surface area contributed by atoms with E-state index in [-0.39, 0.29) is 5.41 Å². The van der Waals surface area contributed by atoms with Gasteiger partial charge in [-0.2, -0.15) is 0 Å². The molecule has 18 heavy (non-hydrogen) atoms. The standard InChI is InChI=1S/C14H18O2.C2H6/c1-11(15)14(9-3-4-10-14)12-5-7-13(16-2)8-6-12;1-2/h5-8H,3-4,9-10H2,1-2H3;1-2H3. The second-order valence-corrected chi connectivity index (χ2v) is 4.57. The molecule has 0 saturated heterocycles. The molecule has 0 heterocycles. The number of carbonyl (C=O) groups is 1. The Morgan fingerprint density at radius 2 is 1.61 bits per heavy atom. The fraction of sp³-hybridized carbons (Fsp3) is 0.562. The maximum Gasteiger partial charge on any atom is 0.140 e. The molecular formula is C16H24O2. The third kappa shape index (κ3) is 2.74. The van der Waals surface area contributed by atoms with E-state index in [0.29, 0.717) is 5.78 Å². The molecule has 1 aliphatic carbocycles. The molecule has 2 heteroatoms. The van der Waals surface area contributed by atoms with Crippen molar-refractivity contribution in [2.75, 3.05) is 7.11 Å². The largest absolute Gasteiger partial charge is 0.497 e. The van der Waals surface area contributed by atoms with Crippen molar-refractivity contribution in [2.45, 2.75) is 51.9 Å². The maximum atomic E-state index is 11.9. The Morgan fingerprint density at radius 1 is 1.11 bits per heavy atom. The van der Waals surface area contributed by atoms with Crippen LogP contribution in [0.15, 0.2) is 24.3 Å². The van der Waals surface area contributed by atoms with E-state index in [9.17, 15) is 4.79 Å². The first-order chi connectivity index (χ1) is 8.69. The molecule has 0 spiro atoms. The van der Waals surface area contributed by atoms with Gasteiger partial charge in [-0.15, -0.1) is 0 Å². The van der Waals surface area contributed by atoms with Gasteiger partial charge in [-0.1, -0.05) is 38.8 Å². The van der Waals surface area contributed by atoms with E-state index in [1.165, 1.54) is 0 Å². The van der Waals surface area contributed by atoms with Crippen LogP contribution < -0.4 is 4.74 Å². The van der Waals surface area contributed by atoms with E-state index < -0.39 is 0 Å². The number of ether oxygens (including phenoxy) is 1. The molecular weight excluding hydrogens is 224 g/mol. The number of rotatable bonds is 3. The summed E-state index contributed by atoms with van der Waals surface area (Å²) in [6.45, 7) is 5.72. The highest BCUT2D eigenvalue weighted by molar-refractivity contribution is 5.88. The predicted octanol–water partition coefficient (Wildman–Crippen LogP) is 4.12. The van der Waals surface area contributed by atoms with Gasteiger partial charge in [0, 0.05) is 0 Å². The molecule has 0 radical (unpaired) electrons. The van der Waals surface area contributed by atoms with Crippen molar-refractivity contribution in [3.05, 3.63) is 29.8 Å². The normalized spacial score (nSPS) is 16.7. The Bertz CT molecular complexity index is 373. The zero-order valence-corrected chi connectivity index (χ0v) is 12.0. The minimum absolute atomic E-state index is 0.216. The van der Waals surface area contributed by atoms with Gasteiger partial charge in [0.15, 0.2) is 0 Å². The van der Waals surface area contributed by atoms with Gasteiger partial charge in [-0.25, -0.2) is 0 Å². The zero-order valence-electron chi connectivity index (χ0n) is 12.0. The highest BCUT2D eigenvalue weighted by Crippen LogP contribution is 2.42. The summed E-state index contributed by atoms with van der Waals surface area (Å²) in [5.41, 5.74) is 0.935. The number of Topliss-reactive ketones (excluding diaryl/α,β-unsaturated/α-hetero) is 1. The lowest BCUT2D eigenvalue weighted by molar-refractivity contribution is -0.122. The van der Waals surface area contributed by atoms with Crippen LogP contribution in [0, 0.1) is 0 Å². The number of hydrogen-bond acceptors (Lipinski definition) is 2. The van der Waals surface area contributed by atoms with Crippen LogP contribution in [0.3, 0.4) is 0 Å². The van der Waals surface area contributed by atoms with Crippen LogP contribution in [0.5, 0.6) is 5.75 Å². The summed E-state index contributed by atoms with van der Waals surface area (Å²) in [5, 5.41) is 0. The monoisotopic (exact) mass is 248 g/mol. The van der Waals surface area contributed by atoms with Gasteiger partial charge in [0.1, 0.15) is 11.5 Å². The van der Waals surface area contributed by atoms with Gasteiger partial charge in [-0.3, -0.25) is 4.79 Å². The minimum Gasteiger partial charge on any atom is -0.497 e. The molecule has 1 saturated carbocycles. The van der Waals surface area contributed by atoms with Crippen molar-refractivity contribution >= 4 is 5.78 Å². The first-order valence-corrected chi connectivity index (χ1v) is 6.84. The summed E-state index contributed by atoms with van der Waals surface area (Å²) in [6, 6.07) is 7.95. The van der Waals surface area contributed by atoms with Crippen LogP contribution >= 0.6 is 0 Å². The quantitative estimate of drug-likeness (QED) is 0.804. The lowest BCUT2D eigenvalue weighted by Crippen LogP contribution is -2.30. The zero-order chi connectivity index (χ0) is 13.6. The molecule has 1 fully saturated rings. The Labute approximate surface area is 110 Å². The molecule has 0 atom stereocenters. The summed E-state index contributed by atoms with van der Waals surface area (Å²) < 4.78 is 5.14. The van der Waals surface area contributed by atoms with Crippen LogP contribution in [0.4, 0.5) is 0 Å². The second kappa shape index (κ2) is 6.58. The van der Waals surface area contributed by atoms with Gasteiger partial charge in [0.2, 0.25) is 0 Å². The SMILES string of the molecule is CC.COc1ccc(C2(C(C)=O)CCCC2)cc1. The molecule has 0 bridgehead atoms. The topological polar surface area (TPSA) is 26.3 Å². The summed E-state index contributed by atoms with van der Waals surface area (Å²) in [4.78, 5) is 11.9. The maximum absolute atomic E-state index is 11.9. The average molecular weight is 248 g/mol. The third-order valence-corrected chi connectivity index (χ3v) is 3.77. The lowest BCUT2D eigenvalue weighted by atomic mass is 9.76. The van der Waals surface area contributed by atoms with Gasteiger partial charge in [-0.05, 0) is 37.5 Å². The molecule has 2 nitrogen and oxygen atoms in total. The summed E-state index contributed by atoms with van der Waals surface area (Å²) in [5.74, 6) is 1.15. The van der Waals surface area contributed by atoms with Gasteiger partial charge in [0.05, 0.1) is 12.5 Å². The molecule has 0 aromatic heterocycles. The molecule has 0 amide bonds. The third-order valence-electron chi connectivity index (χ3n) is 3.77. The Hall–Kier alpha value is -1.31. The summed E-state index contributed by atoms with van der Waals surface area (Å²) in [7, 11) is 1.66. The molecule has 2 rings (SSSR count). The van der Waals surface area contributed by atoms with Crippen LogP contribution in [-0.4, -0.2) is 12.9 Å². The molecule has 1 aromatic rings. The molecule has 0 aliphatic heterocycles. The highest BCUT2D eigenvalue weighted by Gasteiger charge is 2.39. The van der Waals surface area contributed by atoms with Crippen molar-refractivity contribution in [2.24, 2.45) is 0 Å². The predicted molar refractivity (Wildman–Crippen MR) is 75.2 cm³/mol. The van der Waals surface area contributed by atoms with E-state index in [4.69, 9.17) is 4.74 Å². The minimum atomic E-state index is -0.216. The average Bonchev–Trinajstić information content (AvgIpc) is 2.92. The van der Waals surface area contributed by atoms with Crippen LogP contribution in [0.1, 0.15) is 52.0 Å². The first-order valence-electron chi connectivity index (χ1n) is 6.84. The van der Waals surface area contributed by atoms with Gasteiger partial charge in [0.25, 0.3) is 0 Å². The van der Waals surface area contributed by atoms with Crippen LogP contribution in [0.2, 0.25) is 0 Å². The molecule has 0 N–H and O–H groups in total. The van der Waals surface area contributed by atoms with Crippen LogP contribution in [0.25, 0.3) is 0 Å². The first kappa shape index (κ1) is 14.7. The number of hydrogen-bond donors (Lipinski definition) is 0. The molecule has 1 aliphatic rings. The molecule has 100 valence electrons. The van der Waals surface area contributed by atoms with E-state index in [2.05, 4.69) is 0 Å². The van der Waals surface area contributed by atoms with E-state index >= 15 is 0 Å². The van der Waals surface area contributed by atoms with Crippen molar-refractivity contribution in [3.8, 4) is 5.75 Å². The van der Waals surface area contributed by atoms with Crippen molar-refractivity contribution in [1.82, 2.24) is 0 Å².